The summed E-state index contributed by atoms with van der Waals surface area (Å²) >= 11 is 0. The van der Waals surface area contributed by atoms with Gasteiger partial charge in [-0.15, -0.1) is 0 Å². The summed E-state index contributed by atoms with van der Waals surface area (Å²) in [5.41, 5.74) is -0.147. The third kappa shape index (κ3) is 3.80. The predicted molar refractivity (Wildman–Crippen MR) is 78.1 cm³/mol. The molecule has 1 aliphatic rings. The first-order valence-corrected chi connectivity index (χ1v) is 8.58. The molecular weight excluding hydrogens is 310 g/mol. The molecule has 1 saturated heterocycles. The van der Waals surface area contributed by atoms with Crippen molar-refractivity contribution in [3.05, 3.63) is 29.6 Å². The van der Waals surface area contributed by atoms with Gasteiger partial charge in [0.05, 0.1) is 6.26 Å². The maximum Gasteiger partial charge on any atom is 0.354 e. The van der Waals surface area contributed by atoms with Crippen LogP contribution in [0, 0.1) is 0 Å². The van der Waals surface area contributed by atoms with Crippen LogP contribution in [-0.4, -0.2) is 72.0 Å². The molecule has 1 aliphatic heterocycles. The Bertz CT molecular complexity index is 689. The molecule has 0 saturated carbocycles. The lowest BCUT2D eigenvalue weighted by atomic mass is 10.2. The van der Waals surface area contributed by atoms with Gasteiger partial charge in [-0.2, -0.15) is 0 Å². The van der Waals surface area contributed by atoms with E-state index in [1.807, 2.05) is 0 Å². The molecule has 8 nitrogen and oxygen atoms in total. The normalized spacial score (nSPS) is 17.0. The average molecular weight is 327 g/mol. The zero-order valence-electron chi connectivity index (χ0n) is 12.1. The molecule has 0 atom stereocenters. The first-order chi connectivity index (χ1) is 10.3. The number of aromatic carboxylic acids is 1. The van der Waals surface area contributed by atoms with Crippen molar-refractivity contribution in [2.45, 2.75) is 6.42 Å². The highest BCUT2D eigenvalue weighted by Crippen LogP contribution is 2.10. The third-order valence-corrected chi connectivity index (χ3v) is 4.70. The van der Waals surface area contributed by atoms with E-state index in [1.165, 1.54) is 27.4 Å². The Morgan fingerprint density at radius 3 is 2.45 bits per heavy atom. The van der Waals surface area contributed by atoms with E-state index in [0.717, 1.165) is 6.26 Å². The number of carbonyl (C=O) groups excluding carboxylic acids is 1. The molecule has 0 unspecified atom stereocenters. The number of hydrogen-bond acceptors (Lipinski definition) is 5. The van der Waals surface area contributed by atoms with Gasteiger partial charge in [0, 0.05) is 26.2 Å². The lowest BCUT2D eigenvalue weighted by molar-refractivity contribution is 0.0690. The van der Waals surface area contributed by atoms with Gasteiger partial charge >= 0.3 is 5.97 Å². The number of carboxylic acid groups (broad SMARTS) is 1. The molecule has 1 amide bonds. The lowest BCUT2D eigenvalue weighted by Crippen LogP contribution is -2.37. The van der Waals surface area contributed by atoms with Gasteiger partial charge in [-0.3, -0.25) is 4.79 Å². The van der Waals surface area contributed by atoms with Crippen LogP contribution in [0.25, 0.3) is 0 Å². The molecule has 2 rings (SSSR count). The Kier molecular flexibility index (Phi) is 4.77. The van der Waals surface area contributed by atoms with Crippen molar-refractivity contribution in [3.63, 3.8) is 0 Å². The first kappa shape index (κ1) is 16.4. The Hall–Kier alpha value is -2.00. The summed E-state index contributed by atoms with van der Waals surface area (Å²) < 4.78 is 24.4. The van der Waals surface area contributed by atoms with Crippen LogP contribution >= 0.6 is 0 Å². The second kappa shape index (κ2) is 6.41. The van der Waals surface area contributed by atoms with Gasteiger partial charge in [-0.25, -0.2) is 22.5 Å². The van der Waals surface area contributed by atoms with Crippen LogP contribution in [0.2, 0.25) is 0 Å². The highest BCUT2D eigenvalue weighted by Gasteiger charge is 2.25. The van der Waals surface area contributed by atoms with Crippen molar-refractivity contribution in [1.29, 1.82) is 0 Å². The molecule has 1 aromatic heterocycles. The minimum Gasteiger partial charge on any atom is -0.477 e. The lowest BCUT2D eigenvalue weighted by Gasteiger charge is -2.20. The zero-order chi connectivity index (χ0) is 16.3. The van der Waals surface area contributed by atoms with E-state index in [-0.39, 0.29) is 24.5 Å². The standard InChI is InChI=1S/C13H17N3O5S/c1-22(20,21)16-7-3-6-15(8-9-16)12(17)10-4-2-5-11(14-10)13(18)19/h2,4-5H,3,6-9H2,1H3,(H,18,19). The Labute approximate surface area is 128 Å². The monoisotopic (exact) mass is 327 g/mol. The van der Waals surface area contributed by atoms with Crippen molar-refractivity contribution >= 4 is 21.9 Å². The maximum atomic E-state index is 12.4. The van der Waals surface area contributed by atoms with Gasteiger partial charge in [0.15, 0.2) is 0 Å². The fourth-order valence-electron chi connectivity index (χ4n) is 2.26. The summed E-state index contributed by atoms with van der Waals surface area (Å²) in [5, 5.41) is 8.91. The molecule has 0 aliphatic carbocycles. The predicted octanol–water partition coefficient (Wildman–Crippen LogP) is -0.113. The molecule has 1 N–H and O–H groups in total. The van der Waals surface area contributed by atoms with E-state index < -0.39 is 21.9 Å². The van der Waals surface area contributed by atoms with Gasteiger partial charge in [-0.05, 0) is 18.6 Å². The number of amides is 1. The van der Waals surface area contributed by atoms with Gasteiger partial charge in [0.25, 0.3) is 5.91 Å². The van der Waals surface area contributed by atoms with Gasteiger partial charge in [0.2, 0.25) is 10.0 Å². The minimum atomic E-state index is -3.28. The quantitative estimate of drug-likeness (QED) is 0.830. The maximum absolute atomic E-state index is 12.4. The highest BCUT2D eigenvalue weighted by molar-refractivity contribution is 7.88. The van der Waals surface area contributed by atoms with E-state index >= 15 is 0 Å². The molecule has 9 heteroatoms. The molecule has 1 fully saturated rings. The topological polar surface area (TPSA) is 108 Å². The number of aromatic nitrogens is 1. The van der Waals surface area contributed by atoms with E-state index in [1.54, 1.807) is 0 Å². The summed E-state index contributed by atoms with van der Waals surface area (Å²) in [6, 6.07) is 4.23. The SMILES string of the molecule is CS(=O)(=O)N1CCCN(C(=O)c2cccc(C(=O)O)n2)CC1. The molecule has 120 valence electrons. The number of hydrogen-bond donors (Lipinski definition) is 1. The van der Waals surface area contributed by atoms with Crippen LogP contribution in [0.1, 0.15) is 27.4 Å². The van der Waals surface area contributed by atoms with E-state index in [9.17, 15) is 18.0 Å². The minimum absolute atomic E-state index is 0.0488. The molecule has 0 spiro atoms. The van der Waals surface area contributed by atoms with Crippen molar-refractivity contribution < 1.29 is 23.1 Å². The summed E-state index contributed by atoms with van der Waals surface area (Å²) in [4.78, 5) is 28.6. The molecule has 2 heterocycles. The first-order valence-electron chi connectivity index (χ1n) is 6.74. The third-order valence-electron chi connectivity index (χ3n) is 3.40. The summed E-state index contributed by atoms with van der Waals surface area (Å²) in [5.74, 6) is -1.59. The van der Waals surface area contributed by atoms with Crippen molar-refractivity contribution in [3.8, 4) is 0 Å². The van der Waals surface area contributed by atoms with E-state index in [4.69, 9.17) is 5.11 Å². The van der Waals surface area contributed by atoms with Crippen molar-refractivity contribution in [2.75, 3.05) is 32.4 Å². The van der Waals surface area contributed by atoms with Gasteiger partial charge in [0.1, 0.15) is 11.4 Å². The van der Waals surface area contributed by atoms with Crippen molar-refractivity contribution in [1.82, 2.24) is 14.2 Å². The molecular formula is C13H17N3O5S. The van der Waals surface area contributed by atoms with Crippen LogP contribution in [0.15, 0.2) is 18.2 Å². The highest BCUT2D eigenvalue weighted by atomic mass is 32.2. The van der Waals surface area contributed by atoms with Crippen LogP contribution in [-0.2, 0) is 10.0 Å². The number of rotatable bonds is 3. The fourth-order valence-corrected chi connectivity index (χ4v) is 3.14. The number of pyridine rings is 1. The molecule has 22 heavy (non-hydrogen) atoms. The van der Waals surface area contributed by atoms with Crippen LogP contribution < -0.4 is 0 Å². The molecule has 1 aromatic rings. The number of carboxylic acids is 1. The molecule has 0 aromatic carbocycles. The van der Waals surface area contributed by atoms with Crippen LogP contribution in [0.3, 0.4) is 0 Å². The summed E-state index contributed by atoms with van der Waals surface area (Å²) in [6.45, 7) is 1.25. The second-order valence-electron chi connectivity index (χ2n) is 5.02. The summed E-state index contributed by atoms with van der Waals surface area (Å²) in [7, 11) is -3.28. The fraction of sp³-hybridized carbons (Fsp3) is 0.462. The summed E-state index contributed by atoms with van der Waals surface area (Å²) in [6.07, 6.45) is 1.67. The Balaban J connectivity index is 2.13. The van der Waals surface area contributed by atoms with Gasteiger partial charge < -0.3 is 10.0 Å². The average Bonchev–Trinajstić information content (AvgIpc) is 2.72. The van der Waals surface area contributed by atoms with Gasteiger partial charge in [-0.1, -0.05) is 6.07 Å². The Morgan fingerprint density at radius 1 is 1.14 bits per heavy atom. The number of nitrogens with zero attached hydrogens (tertiary/aromatic N) is 3. The van der Waals surface area contributed by atoms with E-state index in [2.05, 4.69) is 4.98 Å². The van der Waals surface area contributed by atoms with Crippen molar-refractivity contribution in [2.24, 2.45) is 0 Å². The van der Waals surface area contributed by atoms with Crippen LogP contribution in [0.5, 0.6) is 0 Å². The number of sulfonamides is 1. The Morgan fingerprint density at radius 2 is 1.82 bits per heavy atom. The smallest absolute Gasteiger partial charge is 0.354 e. The number of carbonyl (C=O) groups is 2. The van der Waals surface area contributed by atoms with Crippen LogP contribution in [0.4, 0.5) is 0 Å². The molecule has 0 bridgehead atoms. The van der Waals surface area contributed by atoms with E-state index in [0.29, 0.717) is 19.5 Å². The second-order valence-corrected chi connectivity index (χ2v) is 7.00. The zero-order valence-corrected chi connectivity index (χ0v) is 12.9. The largest absolute Gasteiger partial charge is 0.477 e. The molecule has 0 radical (unpaired) electrons.